The molecule has 2 fully saturated rings. The topological polar surface area (TPSA) is 41.6 Å². The molecule has 1 aromatic carbocycles. The van der Waals surface area contributed by atoms with Crippen LogP contribution in [-0.4, -0.2) is 36.3 Å². The van der Waals surface area contributed by atoms with E-state index in [9.17, 15) is 4.79 Å². The highest BCUT2D eigenvalue weighted by molar-refractivity contribution is 8.00. The molecule has 1 N–H and O–H groups in total. The zero-order valence-electron chi connectivity index (χ0n) is 13.3. The molecule has 3 rings (SSSR count). The first-order chi connectivity index (χ1) is 10.6. The molecule has 2 aliphatic heterocycles. The molecule has 0 unspecified atom stereocenters. The van der Waals surface area contributed by atoms with Crippen molar-refractivity contribution >= 4 is 23.5 Å². The number of rotatable bonds is 5. The van der Waals surface area contributed by atoms with Crippen LogP contribution in [0.3, 0.4) is 0 Å². The van der Waals surface area contributed by atoms with Crippen LogP contribution < -0.4 is 10.2 Å². The Hall–Kier alpha value is -1.20. The molecule has 5 heteroatoms. The first-order valence-corrected chi connectivity index (χ1v) is 8.98. The fourth-order valence-corrected chi connectivity index (χ4v) is 4.31. The summed E-state index contributed by atoms with van der Waals surface area (Å²) in [5, 5.41) is 3.65. The molecule has 0 radical (unpaired) electrons. The standard InChI is InChI=1S/C17H24N2O2S/c1-13(18-12-17(2)7-4-10-22-17)14-5-3-6-15(11-14)19-8-9-21-16(19)20/h3,5-6,11,13,18H,4,7-10,12H2,1-2H3/t13-,17-/m1/s1. The summed E-state index contributed by atoms with van der Waals surface area (Å²) < 4.78 is 5.38. The number of hydrogen-bond donors (Lipinski definition) is 1. The Bertz CT molecular complexity index is 543. The highest BCUT2D eigenvalue weighted by Gasteiger charge is 2.29. The van der Waals surface area contributed by atoms with Crippen LogP contribution in [0.25, 0.3) is 0 Å². The van der Waals surface area contributed by atoms with E-state index in [0.717, 1.165) is 12.2 Å². The number of carbonyl (C=O) groups excluding carboxylic acids is 1. The molecule has 2 heterocycles. The summed E-state index contributed by atoms with van der Waals surface area (Å²) in [5.74, 6) is 1.28. The summed E-state index contributed by atoms with van der Waals surface area (Å²) in [4.78, 5) is 13.4. The van der Waals surface area contributed by atoms with Gasteiger partial charge in [0, 0.05) is 23.0 Å². The maximum Gasteiger partial charge on any atom is 0.414 e. The predicted octanol–water partition coefficient (Wildman–Crippen LogP) is 3.58. The van der Waals surface area contributed by atoms with Crippen molar-refractivity contribution in [1.29, 1.82) is 0 Å². The van der Waals surface area contributed by atoms with E-state index in [4.69, 9.17) is 4.74 Å². The normalized spacial score (nSPS) is 26.3. The van der Waals surface area contributed by atoms with Gasteiger partial charge in [-0.05, 0) is 50.1 Å². The summed E-state index contributed by atoms with van der Waals surface area (Å²) in [7, 11) is 0. The molecule has 0 aromatic heterocycles. The van der Waals surface area contributed by atoms with Gasteiger partial charge in [0.25, 0.3) is 0 Å². The Morgan fingerprint density at radius 1 is 1.50 bits per heavy atom. The zero-order valence-corrected chi connectivity index (χ0v) is 14.1. The number of carbonyl (C=O) groups is 1. The fourth-order valence-electron chi connectivity index (χ4n) is 3.05. The first-order valence-electron chi connectivity index (χ1n) is 7.99. The monoisotopic (exact) mass is 320 g/mol. The van der Waals surface area contributed by atoms with Gasteiger partial charge in [0.1, 0.15) is 6.61 Å². The van der Waals surface area contributed by atoms with E-state index < -0.39 is 0 Å². The van der Waals surface area contributed by atoms with Gasteiger partial charge in [-0.1, -0.05) is 12.1 Å². The molecule has 0 bridgehead atoms. The Labute approximate surface area is 136 Å². The average Bonchev–Trinajstić information content (AvgIpc) is 3.14. The van der Waals surface area contributed by atoms with Crippen molar-refractivity contribution < 1.29 is 9.53 Å². The van der Waals surface area contributed by atoms with Crippen molar-refractivity contribution in [3.63, 3.8) is 0 Å². The van der Waals surface area contributed by atoms with E-state index >= 15 is 0 Å². The van der Waals surface area contributed by atoms with Crippen LogP contribution in [0.1, 0.15) is 38.3 Å². The van der Waals surface area contributed by atoms with Crippen molar-refractivity contribution in [1.82, 2.24) is 5.32 Å². The van der Waals surface area contributed by atoms with Crippen LogP contribution in [0, 0.1) is 0 Å². The Kier molecular flexibility index (Phi) is 4.64. The van der Waals surface area contributed by atoms with Crippen LogP contribution in [-0.2, 0) is 4.74 Å². The Morgan fingerprint density at radius 3 is 3.05 bits per heavy atom. The maximum absolute atomic E-state index is 11.7. The highest BCUT2D eigenvalue weighted by Crippen LogP contribution is 2.37. The van der Waals surface area contributed by atoms with Crippen molar-refractivity contribution in [2.75, 3.05) is 30.3 Å². The number of benzene rings is 1. The molecule has 0 aliphatic carbocycles. The quantitative estimate of drug-likeness (QED) is 0.900. The van der Waals surface area contributed by atoms with Crippen molar-refractivity contribution in [3.05, 3.63) is 29.8 Å². The third-order valence-corrected chi connectivity index (χ3v) is 6.06. The molecule has 0 saturated carbocycles. The predicted molar refractivity (Wildman–Crippen MR) is 91.7 cm³/mol. The molecule has 0 spiro atoms. The third kappa shape index (κ3) is 3.41. The van der Waals surface area contributed by atoms with Gasteiger partial charge in [-0.25, -0.2) is 4.79 Å². The second-order valence-corrected chi connectivity index (χ2v) is 8.05. The number of nitrogens with zero attached hydrogens (tertiary/aromatic N) is 1. The summed E-state index contributed by atoms with van der Waals surface area (Å²) in [5.41, 5.74) is 2.14. The molecule has 1 amide bonds. The minimum Gasteiger partial charge on any atom is -0.447 e. The molecule has 2 aliphatic rings. The van der Waals surface area contributed by atoms with Crippen molar-refractivity contribution in [2.24, 2.45) is 0 Å². The number of amides is 1. The molecule has 1 aromatic rings. The first kappa shape index (κ1) is 15.7. The lowest BCUT2D eigenvalue weighted by Gasteiger charge is -2.26. The fraction of sp³-hybridized carbons (Fsp3) is 0.588. The number of cyclic esters (lactones) is 1. The SMILES string of the molecule is C[C@@H](NC[C@@]1(C)CCCS1)c1cccc(N2CCOC2=O)c1. The van der Waals surface area contributed by atoms with E-state index in [0.29, 0.717) is 17.9 Å². The number of thioether (sulfide) groups is 1. The average molecular weight is 320 g/mol. The van der Waals surface area contributed by atoms with Crippen LogP contribution >= 0.6 is 11.8 Å². The second-order valence-electron chi connectivity index (χ2n) is 6.37. The smallest absolute Gasteiger partial charge is 0.414 e. The summed E-state index contributed by atoms with van der Waals surface area (Å²) in [6.45, 7) is 6.67. The number of anilines is 1. The molecular formula is C17H24N2O2S. The van der Waals surface area contributed by atoms with Gasteiger partial charge in [0.2, 0.25) is 0 Å². The van der Waals surface area contributed by atoms with Gasteiger partial charge in [-0.2, -0.15) is 11.8 Å². The minimum atomic E-state index is -0.243. The zero-order chi connectivity index (χ0) is 15.6. The van der Waals surface area contributed by atoms with Gasteiger partial charge in [-0.3, -0.25) is 4.90 Å². The summed E-state index contributed by atoms with van der Waals surface area (Å²) in [6, 6.07) is 8.47. The number of ether oxygens (including phenoxy) is 1. The van der Waals surface area contributed by atoms with E-state index in [-0.39, 0.29) is 12.1 Å². The van der Waals surface area contributed by atoms with Gasteiger partial charge in [-0.15, -0.1) is 0 Å². The van der Waals surface area contributed by atoms with Crippen molar-refractivity contribution in [2.45, 2.75) is 37.5 Å². The van der Waals surface area contributed by atoms with Gasteiger partial charge in [0.05, 0.1) is 6.54 Å². The lowest BCUT2D eigenvalue weighted by molar-refractivity contribution is 0.181. The number of hydrogen-bond acceptors (Lipinski definition) is 4. The highest BCUT2D eigenvalue weighted by atomic mass is 32.2. The van der Waals surface area contributed by atoms with Crippen LogP contribution in [0.15, 0.2) is 24.3 Å². The van der Waals surface area contributed by atoms with E-state index in [1.807, 2.05) is 12.1 Å². The van der Waals surface area contributed by atoms with E-state index in [1.165, 1.54) is 24.2 Å². The Balaban J connectivity index is 1.65. The molecule has 120 valence electrons. The third-order valence-electron chi connectivity index (χ3n) is 4.53. The molecule has 2 saturated heterocycles. The van der Waals surface area contributed by atoms with E-state index in [1.54, 1.807) is 4.90 Å². The van der Waals surface area contributed by atoms with Gasteiger partial charge < -0.3 is 10.1 Å². The summed E-state index contributed by atoms with van der Waals surface area (Å²) >= 11 is 2.07. The van der Waals surface area contributed by atoms with Crippen LogP contribution in [0.4, 0.5) is 10.5 Å². The summed E-state index contributed by atoms with van der Waals surface area (Å²) in [6.07, 6.45) is 2.37. The lowest BCUT2D eigenvalue weighted by Crippen LogP contribution is -2.34. The molecule has 4 nitrogen and oxygen atoms in total. The Morgan fingerprint density at radius 2 is 2.36 bits per heavy atom. The molecule has 2 atom stereocenters. The largest absolute Gasteiger partial charge is 0.447 e. The second kappa shape index (κ2) is 6.50. The number of nitrogens with one attached hydrogen (secondary N) is 1. The molecular weight excluding hydrogens is 296 g/mol. The van der Waals surface area contributed by atoms with E-state index in [2.05, 4.69) is 43.1 Å². The van der Waals surface area contributed by atoms with Crippen LogP contribution in [0.2, 0.25) is 0 Å². The van der Waals surface area contributed by atoms with Gasteiger partial charge >= 0.3 is 6.09 Å². The van der Waals surface area contributed by atoms with Crippen molar-refractivity contribution in [3.8, 4) is 0 Å². The van der Waals surface area contributed by atoms with Crippen LogP contribution in [0.5, 0.6) is 0 Å². The molecule has 22 heavy (non-hydrogen) atoms. The lowest BCUT2D eigenvalue weighted by atomic mass is 10.0. The minimum absolute atomic E-state index is 0.243. The van der Waals surface area contributed by atoms with Gasteiger partial charge in [0.15, 0.2) is 0 Å². The maximum atomic E-state index is 11.7.